The van der Waals surface area contributed by atoms with Crippen molar-refractivity contribution in [2.45, 2.75) is 26.7 Å². The smallest absolute Gasteiger partial charge is 0.0606 e. The summed E-state index contributed by atoms with van der Waals surface area (Å²) in [5.74, 6) is 0. The second kappa shape index (κ2) is 7.43. The maximum Gasteiger partial charge on any atom is 0.0606 e. The fourth-order valence-electron chi connectivity index (χ4n) is 1.71. The molecule has 0 N–H and O–H groups in total. The molecule has 0 bridgehead atoms. The Morgan fingerprint density at radius 2 is 1.44 bits per heavy atom. The molecule has 0 aromatic heterocycles. The van der Waals surface area contributed by atoms with E-state index in [0.29, 0.717) is 0 Å². The Morgan fingerprint density at radius 1 is 1.06 bits per heavy atom. The standard InChI is InChI=1S/2C6H7.CH3ClO.Zr/c2*1-6-4-2-3-5-6;1-3-2;/h2*2,4H,3H2,1H3;1H3;. The fourth-order valence-corrected chi connectivity index (χ4v) is 5.07. The summed E-state index contributed by atoms with van der Waals surface area (Å²) in [5.41, 5.74) is 3.11. The molecule has 3 heteroatoms. The van der Waals surface area contributed by atoms with Crippen LogP contribution in [-0.2, 0) is 27.5 Å². The molecular weight excluding hydrogens is 299 g/mol. The van der Waals surface area contributed by atoms with Gasteiger partial charge in [0.1, 0.15) is 0 Å². The van der Waals surface area contributed by atoms with Gasteiger partial charge >= 0.3 is 91.9 Å². The first kappa shape index (κ1) is 14.2. The summed E-state index contributed by atoms with van der Waals surface area (Å²) < 4.78 is 7.28. The molecule has 0 aromatic carbocycles. The van der Waals surface area contributed by atoms with Crippen molar-refractivity contribution in [1.82, 2.24) is 0 Å². The summed E-state index contributed by atoms with van der Waals surface area (Å²) in [4.78, 5) is 0. The molecule has 0 amide bonds. The van der Waals surface area contributed by atoms with Crippen molar-refractivity contribution in [3.05, 3.63) is 42.0 Å². The van der Waals surface area contributed by atoms with E-state index in [0.717, 1.165) is 0 Å². The third-order valence-corrected chi connectivity index (χ3v) is 7.06. The van der Waals surface area contributed by atoms with Gasteiger partial charge in [-0.05, 0) is 0 Å². The molecule has 1 nitrogen and oxygen atoms in total. The molecule has 0 atom stereocenters. The van der Waals surface area contributed by atoms with Crippen LogP contribution in [0.25, 0.3) is 0 Å². The molecule has 0 heterocycles. The van der Waals surface area contributed by atoms with Crippen molar-refractivity contribution >= 4 is 11.9 Å². The van der Waals surface area contributed by atoms with E-state index < -0.39 is 0 Å². The van der Waals surface area contributed by atoms with Crippen LogP contribution >= 0.6 is 11.9 Å². The van der Waals surface area contributed by atoms with Crippen LogP contribution in [0.3, 0.4) is 0 Å². The van der Waals surface area contributed by atoms with Crippen molar-refractivity contribution in [2.75, 3.05) is 7.11 Å². The predicted molar refractivity (Wildman–Crippen MR) is 65.8 cm³/mol. The zero-order valence-corrected chi connectivity index (χ0v) is 13.2. The molecule has 0 aromatic rings. The average molecular weight is 316 g/mol. The molecule has 2 rings (SSSR count). The number of hydrogen-bond donors (Lipinski definition) is 0. The fraction of sp³-hybridized carbons (Fsp3) is 0.385. The second-order valence-corrected chi connectivity index (χ2v) is 7.71. The zero-order valence-electron chi connectivity index (χ0n) is 10.0. The Hall–Kier alpha value is 0.0931. The second-order valence-electron chi connectivity index (χ2n) is 3.82. The van der Waals surface area contributed by atoms with Gasteiger partial charge in [0.05, 0.1) is 19.0 Å². The monoisotopic (exact) mass is 314 g/mol. The summed E-state index contributed by atoms with van der Waals surface area (Å²) in [6, 6.07) is 0. The SMILES string of the molecule is CC1=[C]([Zr][C]2=C(C)C=CC2)CC=C1.COCl. The van der Waals surface area contributed by atoms with Gasteiger partial charge in [-0.3, -0.25) is 4.29 Å². The van der Waals surface area contributed by atoms with Gasteiger partial charge in [0.25, 0.3) is 0 Å². The summed E-state index contributed by atoms with van der Waals surface area (Å²) in [7, 11) is 1.39. The van der Waals surface area contributed by atoms with Crippen LogP contribution in [-0.4, -0.2) is 7.11 Å². The zero-order chi connectivity index (χ0) is 12.0. The van der Waals surface area contributed by atoms with Crippen molar-refractivity contribution < 1.29 is 27.5 Å². The summed E-state index contributed by atoms with van der Waals surface area (Å²) in [6.07, 6.45) is 11.7. The topological polar surface area (TPSA) is 9.23 Å². The van der Waals surface area contributed by atoms with Gasteiger partial charge in [0, 0.05) is 0 Å². The molecule has 2 aliphatic rings. The van der Waals surface area contributed by atoms with E-state index >= 15 is 0 Å². The van der Waals surface area contributed by atoms with E-state index in [1.807, 2.05) is 0 Å². The number of allylic oxidation sites excluding steroid dienone is 8. The van der Waals surface area contributed by atoms with E-state index in [9.17, 15) is 0 Å². The molecule has 2 aliphatic carbocycles. The van der Waals surface area contributed by atoms with E-state index in [2.05, 4.69) is 54.3 Å². The van der Waals surface area contributed by atoms with Crippen LogP contribution in [0, 0.1) is 0 Å². The van der Waals surface area contributed by atoms with Crippen molar-refractivity contribution in [3.63, 3.8) is 0 Å². The van der Waals surface area contributed by atoms with Gasteiger partial charge in [-0.25, -0.2) is 0 Å². The Bertz CT molecular complexity index is 330. The van der Waals surface area contributed by atoms with Crippen LogP contribution < -0.4 is 0 Å². The van der Waals surface area contributed by atoms with Crippen LogP contribution in [0.2, 0.25) is 0 Å². The van der Waals surface area contributed by atoms with Crippen molar-refractivity contribution in [2.24, 2.45) is 0 Å². The molecule has 0 aliphatic heterocycles. The van der Waals surface area contributed by atoms with Gasteiger partial charge in [-0.2, -0.15) is 0 Å². The first-order valence-corrected chi connectivity index (χ1v) is 8.10. The Balaban J connectivity index is 0.000000386. The molecule has 0 fully saturated rings. The minimum absolute atomic E-state index is 0.385. The molecule has 0 saturated carbocycles. The van der Waals surface area contributed by atoms with Gasteiger partial charge in [-0.15, -0.1) is 0 Å². The van der Waals surface area contributed by atoms with E-state index in [1.165, 1.54) is 20.0 Å². The van der Waals surface area contributed by atoms with Gasteiger partial charge in [-0.1, -0.05) is 0 Å². The van der Waals surface area contributed by atoms with E-state index in [-0.39, 0.29) is 23.2 Å². The molecular formula is C13H17ClOZr. The van der Waals surface area contributed by atoms with E-state index in [4.69, 9.17) is 0 Å². The summed E-state index contributed by atoms with van der Waals surface area (Å²) in [5, 5.41) is 0. The Morgan fingerprint density at radius 3 is 1.69 bits per heavy atom. The first-order chi connectivity index (χ1) is 7.69. The quantitative estimate of drug-likeness (QED) is 0.737. The van der Waals surface area contributed by atoms with Crippen molar-refractivity contribution in [1.29, 1.82) is 0 Å². The molecule has 0 radical (unpaired) electrons. The minimum Gasteiger partial charge on any atom is -0.283 e. The van der Waals surface area contributed by atoms with Crippen LogP contribution in [0.5, 0.6) is 0 Å². The maximum atomic E-state index is 4.50. The van der Waals surface area contributed by atoms with Crippen LogP contribution in [0.4, 0.5) is 0 Å². The number of rotatable bonds is 2. The first-order valence-electron chi connectivity index (χ1n) is 5.33. The van der Waals surface area contributed by atoms with Crippen LogP contribution in [0.1, 0.15) is 26.7 Å². The molecule has 16 heavy (non-hydrogen) atoms. The maximum absolute atomic E-state index is 4.50. The predicted octanol–water partition coefficient (Wildman–Crippen LogP) is 4.32. The molecule has 86 valence electrons. The Labute approximate surface area is 115 Å². The largest absolute Gasteiger partial charge is 0.283 e. The van der Waals surface area contributed by atoms with Crippen molar-refractivity contribution in [3.8, 4) is 0 Å². The normalized spacial score (nSPS) is 18.0. The van der Waals surface area contributed by atoms with Gasteiger partial charge < -0.3 is 0 Å². The summed E-state index contributed by atoms with van der Waals surface area (Å²) >= 11 is 4.11. The minimum atomic E-state index is -0.385. The Kier molecular flexibility index (Phi) is 6.57. The third kappa shape index (κ3) is 4.16. The number of halogens is 1. The average Bonchev–Trinajstić information content (AvgIpc) is 2.80. The van der Waals surface area contributed by atoms with E-state index in [1.54, 1.807) is 17.7 Å². The van der Waals surface area contributed by atoms with Gasteiger partial charge in [0.2, 0.25) is 0 Å². The van der Waals surface area contributed by atoms with Crippen LogP contribution in [0.15, 0.2) is 42.0 Å². The number of hydrogen-bond acceptors (Lipinski definition) is 1. The molecule has 0 spiro atoms. The van der Waals surface area contributed by atoms with Gasteiger partial charge in [0.15, 0.2) is 0 Å². The third-order valence-electron chi connectivity index (χ3n) is 2.63. The molecule has 0 unspecified atom stereocenters. The molecule has 0 saturated heterocycles. The summed E-state index contributed by atoms with van der Waals surface area (Å²) in [6.45, 7) is 4.52.